The Morgan fingerprint density at radius 1 is 1.30 bits per heavy atom. The molecule has 1 amide bonds. The second-order valence-corrected chi connectivity index (χ2v) is 7.18. The zero-order valence-electron chi connectivity index (χ0n) is 15.6. The first-order valence-electron chi connectivity index (χ1n) is 8.37. The van der Waals surface area contributed by atoms with E-state index in [4.69, 9.17) is 16.3 Å². The molecule has 1 heterocycles. The van der Waals surface area contributed by atoms with Crippen molar-refractivity contribution in [2.45, 2.75) is 5.16 Å². The second kappa shape index (κ2) is 10.7. The molecule has 1 aromatic heterocycles. The quantitative estimate of drug-likeness (QED) is 0.421. The molecule has 0 spiro atoms. The van der Waals surface area contributed by atoms with Crippen LogP contribution in [0.3, 0.4) is 0 Å². The van der Waals surface area contributed by atoms with Crippen LogP contribution in [0.25, 0.3) is 11.3 Å². The molecule has 2 aromatic carbocycles. The fraction of sp³-hybridized carbons (Fsp3) is 0.100. The summed E-state index contributed by atoms with van der Waals surface area (Å²) in [5.41, 5.74) is 0.739. The summed E-state index contributed by atoms with van der Waals surface area (Å²) in [5, 5.41) is 12.9. The van der Waals surface area contributed by atoms with Gasteiger partial charge in [-0.1, -0.05) is 35.5 Å². The Labute approximate surface area is 187 Å². The molecule has 0 aliphatic carbocycles. The lowest BCUT2D eigenvalue weighted by molar-refractivity contribution is -0.113. The van der Waals surface area contributed by atoms with Gasteiger partial charge in [-0.3, -0.25) is 9.59 Å². The van der Waals surface area contributed by atoms with Crippen LogP contribution in [0.5, 0.6) is 5.75 Å². The number of methoxy groups -OCH3 is 1. The number of ether oxygens (including phenoxy) is 1. The smallest absolute Gasteiger partial charge is 0.270 e. The molecule has 0 radical (unpaired) electrons. The predicted molar refractivity (Wildman–Crippen MR) is 120 cm³/mol. The van der Waals surface area contributed by atoms with Crippen molar-refractivity contribution in [1.82, 2.24) is 9.97 Å². The minimum atomic E-state index is -0.569. The molecular weight excluding hydrogens is 447 g/mol. The van der Waals surface area contributed by atoms with Crippen molar-refractivity contribution in [1.29, 1.82) is 5.26 Å². The van der Waals surface area contributed by atoms with E-state index in [2.05, 4.69) is 15.3 Å². The van der Waals surface area contributed by atoms with Gasteiger partial charge in [0.15, 0.2) is 5.16 Å². The molecule has 0 saturated carbocycles. The van der Waals surface area contributed by atoms with Gasteiger partial charge in [-0.05, 0) is 36.4 Å². The summed E-state index contributed by atoms with van der Waals surface area (Å²) in [4.78, 5) is 31.4. The SMILES string of the molecule is COc1cccc(-c2nc(SCC(=O)Nc3ccc(Cl)cc3)[nH]c(=O)c2C#N)c1.Cl. The van der Waals surface area contributed by atoms with Gasteiger partial charge in [0.2, 0.25) is 5.91 Å². The molecule has 0 aliphatic heterocycles. The van der Waals surface area contributed by atoms with E-state index in [-0.39, 0.29) is 40.5 Å². The van der Waals surface area contributed by atoms with Crippen LogP contribution in [0.1, 0.15) is 5.56 Å². The fourth-order valence-corrected chi connectivity index (χ4v) is 3.25. The number of carbonyl (C=O) groups is 1. The number of hydrogen-bond acceptors (Lipinski definition) is 6. The number of nitrogens with zero attached hydrogens (tertiary/aromatic N) is 2. The molecule has 0 aliphatic rings. The Balaban J connectivity index is 0.00000320. The lowest BCUT2D eigenvalue weighted by atomic mass is 10.1. The van der Waals surface area contributed by atoms with Crippen molar-refractivity contribution in [3.05, 3.63) is 69.5 Å². The number of nitrogens with one attached hydrogen (secondary N) is 2. The van der Waals surface area contributed by atoms with E-state index in [1.165, 1.54) is 7.11 Å². The summed E-state index contributed by atoms with van der Waals surface area (Å²) in [6.07, 6.45) is 0. The molecule has 154 valence electrons. The van der Waals surface area contributed by atoms with Gasteiger partial charge >= 0.3 is 0 Å². The van der Waals surface area contributed by atoms with E-state index in [9.17, 15) is 14.9 Å². The molecule has 0 atom stereocenters. The maximum atomic E-state index is 12.3. The van der Waals surface area contributed by atoms with Crippen molar-refractivity contribution in [2.75, 3.05) is 18.2 Å². The number of aromatic amines is 1. The highest BCUT2D eigenvalue weighted by atomic mass is 35.5. The minimum Gasteiger partial charge on any atom is -0.497 e. The van der Waals surface area contributed by atoms with Gasteiger partial charge in [0.05, 0.1) is 18.6 Å². The van der Waals surface area contributed by atoms with E-state index in [1.54, 1.807) is 48.5 Å². The van der Waals surface area contributed by atoms with Crippen molar-refractivity contribution < 1.29 is 9.53 Å². The van der Waals surface area contributed by atoms with Crippen LogP contribution >= 0.6 is 35.8 Å². The summed E-state index contributed by atoms with van der Waals surface area (Å²) in [6.45, 7) is 0. The fourth-order valence-electron chi connectivity index (χ4n) is 2.47. The van der Waals surface area contributed by atoms with Crippen molar-refractivity contribution in [3.63, 3.8) is 0 Å². The van der Waals surface area contributed by atoms with Crippen LogP contribution in [0, 0.1) is 11.3 Å². The van der Waals surface area contributed by atoms with Crippen LogP contribution in [-0.2, 0) is 4.79 Å². The van der Waals surface area contributed by atoms with Gasteiger partial charge < -0.3 is 15.0 Å². The number of aromatic nitrogens is 2. The number of benzene rings is 2. The summed E-state index contributed by atoms with van der Waals surface area (Å²) in [7, 11) is 1.52. The Bertz CT molecular complexity index is 1140. The lowest BCUT2D eigenvalue weighted by Gasteiger charge is -2.08. The van der Waals surface area contributed by atoms with Gasteiger partial charge in [0.25, 0.3) is 5.56 Å². The van der Waals surface area contributed by atoms with Crippen molar-refractivity contribution in [2.24, 2.45) is 0 Å². The molecule has 30 heavy (non-hydrogen) atoms. The second-order valence-electron chi connectivity index (χ2n) is 5.78. The molecule has 0 fully saturated rings. The van der Waals surface area contributed by atoms with Crippen LogP contribution in [-0.4, -0.2) is 28.7 Å². The van der Waals surface area contributed by atoms with E-state index in [1.807, 2.05) is 6.07 Å². The highest BCUT2D eigenvalue weighted by molar-refractivity contribution is 7.99. The Hall–Kier alpha value is -2.99. The maximum absolute atomic E-state index is 12.3. The average Bonchev–Trinajstić information content (AvgIpc) is 2.73. The third kappa shape index (κ3) is 5.76. The van der Waals surface area contributed by atoms with Crippen molar-refractivity contribution >= 4 is 47.4 Å². The Morgan fingerprint density at radius 3 is 2.70 bits per heavy atom. The molecule has 0 saturated heterocycles. The number of anilines is 1. The van der Waals surface area contributed by atoms with Crippen molar-refractivity contribution in [3.8, 4) is 23.1 Å². The first-order valence-corrected chi connectivity index (χ1v) is 9.73. The van der Waals surface area contributed by atoms with Crippen LogP contribution in [0.2, 0.25) is 5.02 Å². The highest BCUT2D eigenvalue weighted by Gasteiger charge is 2.15. The summed E-state index contributed by atoms with van der Waals surface area (Å²) in [5.74, 6) is 0.326. The highest BCUT2D eigenvalue weighted by Crippen LogP contribution is 2.25. The van der Waals surface area contributed by atoms with Crippen LogP contribution in [0.4, 0.5) is 5.69 Å². The number of H-pyrrole nitrogens is 1. The van der Waals surface area contributed by atoms with E-state index in [0.29, 0.717) is 22.0 Å². The number of halogens is 2. The first-order chi connectivity index (χ1) is 14.0. The summed E-state index contributed by atoms with van der Waals surface area (Å²) < 4.78 is 5.19. The zero-order valence-corrected chi connectivity index (χ0v) is 18.0. The molecule has 7 nitrogen and oxygen atoms in total. The average molecular weight is 463 g/mol. The number of rotatable bonds is 6. The summed E-state index contributed by atoms with van der Waals surface area (Å²) in [6, 6.07) is 15.5. The largest absolute Gasteiger partial charge is 0.497 e. The molecule has 2 N–H and O–H groups in total. The van der Waals surface area contributed by atoms with E-state index < -0.39 is 5.56 Å². The number of thioether (sulfide) groups is 1. The number of nitriles is 1. The summed E-state index contributed by atoms with van der Waals surface area (Å²) >= 11 is 6.88. The van der Waals surface area contributed by atoms with Crippen LogP contribution < -0.4 is 15.6 Å². The molecule has 3 rings (SSSR count). The van der Waals surface area contributed by atoms with Gasteiger partial charge in [-0.15, -0.1) is 12.4 Å². The zero-order chi connectivity index (χ0) is 20.8. The first kappa shape index (κ1) is 23.3. The molecule has 10 heteroatoms. The standard InChI is InChI=1S/C20H15ClN4O3S.ClH/c1-28-15-4-2-3-12(9-15)18-16(10-22)19(27)25-20(24-18)29-11-17(26)23-14-7-5-13(21)6-8-14;/h2-9H,11H2,1H3,(H,23,26)(H,24,25,27);1H. The topological polar surface area (TPSA) is 108 Å². The third-order valence-corrected chi connectivity index (χ3v) is 4.95. The maximum Gasteiger partial charge on any atom is 0.270 e. The Morgan fingerprint density at radius 2 is 2.03 bits per heavy atom. The normalized spacial score (nSPS) is 9.90. The van der Waals surface area contributed by atoms with E-state index >= 15 is 0 Å². The van der Waals surface area contributed by atoms with Gasteiger partial charge in [-0.2, -0.15) is 5.26 Å². The Kier molecular flexibility index (Phi) is 8.30. The van der Waals surface area contributed by atoms with Gasteiger partial charge in [0, 0.05) is 16.3 Å². The molecule has 3 aromatic rings. The molecule has 0 unspecified atom stereocenters. The number of amides is 1. The number of carbonyl (C=O) groups excluding carboxylic acids is 1. The number of hydrogen-bond donors (Lipinski definition) is 2. The predicted octanol–water partition coefficient (Wildman–Crippen LogP) is 4.12. The van der Waals surface area contributed by atoms with Gasteiger partial charge in [0.1, 0.15) is 17.4 Å². The minimum absolute atomic E-state index is 0. The molecule has 0 bridgehead atoms. The lowest BCUT2D eigenvalue weighted by Crippen LogP contribution is -2.17. The van der Waals surface area contributed by atoms with Crippen LogP contribution in [0.15, 0.2) is 58.5 Å². The van der Waals surface area contributed by atoms with E-state index in [0.717, 1.165) is 11.8 Å². The van der Waals surface area contributed by atoms with Gasteiger partial charge in [-0.25, -0.2) is 4.98 Å². The monoisotopic (exact) mass is 462 g/mol. The molecular formula is C20H16Cl2N4O3S. The third-order valence-electron chi connectivity index (χ3n) is 3.82.